The number of aromatic nitrogens is 3. The lowest BCUT2D eigenvalue weighted by Crippen LogP contribution is -2.08. The maximum Gasteiger partial charge on any atom is 0.165 e. The molecule has 0 saturated heterocycles. The molecule has 2 N–H and O–H groups in total. The van der Waals surface area contributed by atoms with Crippen molar-refractivity contribution in [1.29, 1.82) is 0 Å². The normalized spacial score (nSPS) is 15.1. The van der Waals surface area contributed by atoms with Crippen LogP contribution in [-0.2, 0) is 6.54 Å². The molecule has 6 heteroatoms. The van der Waals surface area contributed by atoms with Crippen LogP contribution in [0.15, 0.2) is 22.7 Å². The number of nitrogens with zero attached hydrogens (tertiary/aromatic N) is 3. The van der Waals surface area contributed by atoms with Gasteiger partial charge in [-0.1, -0.05) is 27.5 Å². The second-order valence-corrected chi connectivity index (χ2v) is 5.69. The number of hydrogen-bond acceptors (Lipinski definition) is 3. The molecule has 1 saturated carbocycles. The van der Waals surface area contributed by atoms with Crippen molar-refractivity contribution in [3.8, 4) is 11.4 Å². The second kappa shape index (κ2) is 4.64. The molecule has 0 amide bonds. The van der Waals surface area contributed by atoms with Gasteiger partial charge in [0, 0.05) is 16.1 Å². The van der Waals surface area contributed by atoms with E-state index in [1.54, 1.807) is 0 Å². The summed E-state index contributed by atoms with van der Waals surface area (Å²) in [6.45, 7) is 0.398. The first kappa shape index (κ1) is 12.1. The smallest absolute Gasteiger partial charge is 0.165 e. The summed E-state index contributed by atoms with van der Waals surface area (Å²) in [6.07, 6.45) is 2.31. The molecule has 3 rings (SSSR count). The van der Waals surface area contributed by atoms with Crippen molar-refractivity contribution >= 4 is 27.5 Å². The largest absolute Gasteiger partial charge is 0.324 e. The number of nitrogens with two attached hydrogens (primary N) is 1. The molecule has 4 nitrogen and oxygen atoms in total. The van der Waals surface area contributed by atoms with Crippen LogP contribution >= 0.6 is 27.5 Å². The van der Waals surface area contributed by atoms with E-state index in [0.717, 1.165) is 34.5 Å². The Balaban J connectivity index is 2.16. The molecular formula is C12H12BrClN4. The summed E-state index contributed by atoms with van der Waals surface area (Å²) < 4.78 is 3.09. The fraction of sp³-hybridized carbons (Fsp3) is 0.333. The first-order chi connectivity index (χ1) is 8.70. The topological polar surface area (TPSA) is 56.7 Å². The van der Waals surface area contributed by atoms with E-state index >= 15 is 0 Å². The maximum atomic E-state index is 6.25. The zero-order valence-corrected chi connectivity index (χ0v) is 11.9. The van der Waals surface area contributed by atoms with Gasteiger partial charge in [-0.25, -0.2) is 0 Å². The van der Waals surface area contributed by atoms with Crippen LogP contribution in [0.4, 0.5) is 0 Å². The van der Waals surface area contributed by atoms with E-state index in [-0.39, 0.29) is 0 Å². The molecule has 0 aliphatic heterocycles. The molecule has 1 aromatic carbocycles. The number of benzene rings is 1. The van der Waals surface area contributed by atoms with Gasteiger partial charge in [0.15, 0.2) is 5.82 Å². The number of hydrogen-bond donors (Lipinski definition) is 1. The van der Waals surface area contributed by atoms with Crippen LogP contribution in [-0.4, -0.2) is 14.8 Å². The summed E-state index contributed by atoms with van der Waals surface area (Å²) >= 11 is 9.70. The van der Waals surface area contributed by atoms with Crippen molar-refractivity contribution in [3.05, 3.63) is 33.5 Å². The van der Waals surface area contributed by atoms with Gasteiger partial charge in [-0.15, -0.1) is 10.2 Å². The molecule has 0 unspecified atom stereocenters. The van der Waals surface area contributed by atoms with Crippen LogP contribution in [0.3, 0.4) is 0 Å². The van der Waals surface area contributed by atoms with Gasteiger partial charge in [0.1, 0.15) is 5.82 Å². The lowest BCUT2D eigenvalue weighted by atomic mass is 10.2. The Bertz CT molecular complexity index is 592. The number of rotatable bonds is 3. The van der Waals surface area contributed by atoms with Crippen LogP contribution < -0.4 is 5.73 Å². The summed E-state index contributed by atoms with van der Waals surface area (Å²) in [7, 11) is 0. The molecule has 0 bridgehead atoms. The van der Waals surface area contributed by atoms with Crippen LogP contribution in [0.2, 0.25) is 5.02 Å². The van der Waals surface area contributed by atoms with Crippen molar-refractivity contribution in [2.45, 2.75) is 25.4 Å². The third-order valence-corrected chi connectivity index (χ3v) is 3.85. The molecule has 0 radical (unpaired) electrons. The van der Waals surface area contributed by atoms with Gasteiger partial charge in [-0.2, -0.15) is 0 Å². The zero-order chi connectivity index (χ0) is 12.7. The van der Waals surface area contributed by atoms with Gasteiger partial charge < -0.3 is 10.3 Å². The van der Waals surface area contributed by atoms with Crippen molar-refractivity contribution in [2.24, 2.45) is 5.73 Å². The van der Waals surface area contributed by atoms with Gasteiger partial charge in [-0.05, 0) is 31.0 Å². The van der Waals surface area contributed by atoms with Crippen molar-refractivity contribution in [1.82, 2.24) is 14.8 Å². The highest BCUT2D eigenvalue weighted by Crippen LogP contribution is 2.40. The van der Waals surface area contributed by atoms with Crippen LogP contribution in [0.5, 0.6) is 0 Å². The molecule has 18 heavy (non-hydrogen) atoms. The standard InChI is InChI=1S/C12H12BrClN4/c13-7-1-4-10(14)9(5-7)12-17-16-11(6-15)18(12)8-2-3-8/h1,4-5,8H,2-3,6,15H2. The third-order valence-electron chi connectivity index (χ3n) is 3.03. The average molecular weight is 328 g/mol. The maximum absolute atomic E-state index is 6.25. The molecule has 2 aromatic rings. The molecule has 1 aliphatic rings. The van der Waals surface area contributed by atoms with Crippen LogP contribution in [0.25, 0.3) is 11.4 Å². The number of halogens is 2. The van der Waals surface area contributed by atoms with Gasteiger partial charge in [0.25, 0.3) is 0 Å². The second-order valence-electron chi connectivity index (χ2n) is 4.37. The Kier molecular flexibility index (Phi) is 3.13. The molecule has 1 fully saturated rings. The van der Waals surface area contributed by atoms with Crippen LogP contribution in [0.1, 0.15) is 24.7 Å². The van der Waals surface area contributed by atoms with E-state index in [2.05, 4.69) is 30.7 Å². The zero-order valence-electron chi connectivity index (χ0n) is 9.61. The first-order valence-corrected chi connectivity index (χ1v) is 6.97. The molecular weight excluding hydrogens is 316 g/mol. The SMILES string of the molecule is NCc1nnc(-c2cc(Br)ccc2Cl)n1C1CC1. The Morgan fingerprint density at radius 1 is 1.39 bits per heavy atom. The van der Waals surface area contributed by atoms with Gasteiger partial charge >= 0.3 is 0 Å². The summed E-state index contributed by atoms with van der Waals surface area (Å²) in [5, 5.41) is 9.08. The lowest BCUT2D eigenvalue weighted by molar-refractivity contribution is 0.688. The average Bonchev–Trinajstić information content (AvgIpc) is 3.12. The third kappa shape index (κ3) is 2.06. The highest BCUT2D eigenvalue weighted by atomic mass is 79.9. The Morgan fingerprint density at radius 3 is 2.83 bits per heavy atom. The van der Waals surface area contributed by atoms with Crippen LogP contribution in [0, 0.1) is 0 Å². The molecule has 94 valence electrons. The van der Waals surface area contributed by atoms with Crippen molar-refractivity contribution in [2.75, 3.05) is 0 Å². The Morgan fingerprint density at radius 2 is 2.17 bits per heavy atom. The van der Waals surface area contributed by atoms with Crippen molar-refractivity contribution < 1.29 is 0 Å². The van der Waals surface area contributed by atoms with E-state index in [4.69, 9.17) is 17.3 Å². The summed E-state index contributed by atoms with van der Waals surface area (Å²) in [6, 6.07) is 6.21. The fourth-order valence-electron chi connectivity index (χ4n) is 2.03. The van der Waals surface area contributed by atoms with E-state index < -0.39 is 0 Å². The quantitative estimate of drug-likeness (QED) is 0.942. The van der Waals surface area contributed by atoms with E-state index in [0.29, 0.717) is 17.6 Å². The predicted octanol–water partition coefficient (Wildman–Crippen LogP) is 3.15. The van der Waals surface area contributed by atoms with Gasteiger partial charge in [0.2, 0.25) is 0 Å². The van der Waals surface area contributed by atoms with Crippen molar-refractivity contribution in [3.63, 3.8) is 0 Å². The molecule has 1 aliphatic carbocycles. The van der Waals surface area contributed by atoms with E-state index in [9.17, 15) is 0 Å². The molecule has 1 heterocycles. The lowest BCUT2D eigenvalue weighted by Gasteiger charge is -2.09. The van der Waals surface area contributed by atoms with E-state index in [1.165, 1.54) is 0 Å². The summed E-state index contributed by atoms with van der Waals surface area (Å²) in [5.41, 5.74) is 6.60. The minimum Gasteiger partial charge on any atom is -0.324 e. The monoisotopic (exact) mass is 326 g/mol. The first-order valence-electron chi connectivity index (χ1n) is 5.80. The Hall–Kier alpha value is -0.910. The minimum atomic E-state index is 0.398. The molecule has 0 atom stereocenters. The Labute approximate surface area is 118 Å². The summed E-state index contributed by atoms with van der Waals surface area (Å²) in [4.78, 5) is 0. The predicted molar refractivity (Wildman–Crippen MR) is 74.3 cm³/mol. The highest BCUT2D eigenvalue weighted by molar-refractivity contribution is 9.10. The molecule has 1 aromatic heterocycles. The van der Waals surface area contributed by atoms with E-state index in [1.807, 2.05) is 18.2 Å². The fourth-order valence-corrected chi connectivity index (χ4v) is 2.59. The highest BCUT2D eigenvalue weighted by Gasteiger charge is 2.30. The molecule has 0 spiro atoms. The van der Waals surface area contributed by atoms with Gasteiger partial charge in [0.05, 0.1) is 11.6 Å². The summed E-state index contributed by atoms with van der Waals surface area (Å²) in [5.74, 6) is 1.63. The van der Waals surface area contributed by atoms with Gasteiger partial charge in [-0.3, -0.25) is 0 Å². The minimum absolute atomic E-state index is 0.398.